The summed E-state index contributed by atoms with van der Waals surface area (Å²) in [6.07, 6.45) is 9.73. The third kappa shape index (κ3) is 5.82. The molecule has 0 spiro atoms. The summed E-state index contributed by atoms with van der Waals surface area (Å²) in [6, 6.07) is 3.92. The molecular weight excluding hydrogens is 290 g/mol. The van der Waals surface area contributed by atoms with E-state index in [1.807, 2.05) is 0 Å². The summed E-state index contributed by atoms with van der Waals surface area (Å²) < 4.78 is 4.62. The molecule has 0 unspecified atom stereocenters. The van der Waals surface area contributed by atoms with Crippen molar-refractivity contribution in [1.82, 2.24) is 4.98 Å². The Kier molecular flexibility index (Phi) is 7.33. The number of aryl methyl sites for hydroxylation is 2. The number of nitrogens with zero attached hydrogens (tertiary/aromatic N) is 1. The zero-order valence-electron chi connectivity index (χ0n) is 14.1. The summed E-state index contributed by atoms with van der Waals surface area (Å²) in [5.74, 6) is 0.780. The van der Waals surface area contributed by atoms with Gasteiger partial charge < -0.3 is 15.8 Å². The highest BCUT2D eigenvalue weighted by Gasteiger charge is 2.12. The summed E-state index contributed by atoms with van der Waals surface area (Å²) in [5, 5.41) is 3.39. The maximum atomic E-state index is 11.2. The minimum absolute atomic E-state index is 0.308. The lowest BCUT2D eigenvalue weighted by atomic mass is 10.0. The fourth-order valence-corrected chi connectivity index (χ4v) is 2.98. The lowest BCUT2D eigenvalue weighted by Crippen LogP contribution is -2.31. The molecular formula is C18H29N3O2. The number of aromatic nitrogens is 1. The molecule has 0 aromatic carbocycles. The average molecular weight is 319 g/mol. The van der Waals surface area contributed by atoms with Crippen molar-refractivity contribution in [3.05, 3.63) is 23.4 Å². The Morgan fingerprint density at radius 1 is 1.30 bits per heavy atom. The van der Waals surface area contributed by atoms with Crippen molar-refractivity contribution in [1.29, 1.82) is 0 Å². The Labute approximate surface area is 139 Å². The quantitative estimate of drug-likeness (QED) is 0.540. The van der Waals surface area contributed by atoms with Crippen molar-refractivity contribution in [3.63, 3.8) is 0 Å². The topological polar surface area (TPSA) is 77.2 Å². The average Bonchev–Trinajstić information content (AvgIpc) is 2.59. The monoisotopic (exact) mass is 319 g/mol. The van der Waals surface area contributed by atoms with Crippen LogP contribution in [0.15, 0.2) is 12.1 Å². The second kappa shape index (κ2) is 9.50. The van der Waals surface area contributed by atoms with Crippen LogP contribution in [0.1, 0.15) is 56.2 Å². The van der Waals surface area contributed by atoms with Gasteiger partial charge in [-0.15, -0.1) is 0 Å². The summed E-state index contributed by atoms with van der Waals surface area (Å²) in [7, 11) is 1.38. The third-order valence-electron chi connectivity index (χ3n) is 4.40. The first kappa shape index (κ1) is 17.7. The van der Waals surface area contributed by atoms with Crippen LogP contribution in [0.25, 0.3) is 0 Å². The summed E-state index contributed by atoms with van der Waals surface area (Å²) in [4.78, 5) is 15.9. The fourth-order valence-electron chi connectivity index (χ4n) is 2.98. The van der Waals surface area contributed by atoms with Gasteiger partial charge in [0.1, 0.15) is 11.9 Å². The van der Waals surface area contributed by atoms with Crippen molar-refractivity contribution in [2.24, 2.45) is 5.73 Å². The van der Waals surface area contributed by atoms with E-state index in [1.54, 1.807) is 0 Å². The fraction of sp³-hybridized carbons (Fsp3) is 0.667. The smallest absolute Gasteiger partial charge is 0.322 e. The zero-order chi connectivity index (χ0) is 16.5. The molecule has 23 heavy (non-hydrogen) atoms. The Hall–Kier alpha value is -1.62. The first-order chi connectivity index (χ1) is 11.2. The molecule has 1 aromatic heterocycles. The first-order valence-corrected chi connectivity index (χ1v) is 8.77. The van der Waals surface area contributed by atoms with E-state index in [0.29, 0.717) is 6.42 Å². The second-order valence-electron chi connectivity index (χ2n) is 6.28. The molecule has 2 heterocycles. The lowest BCUT2D eigenvalue weighted by Gasteiger charge is -2.17. The number of methoxy groups -OCH3 is 1. The minimum Gasteiger partial charge on any atom is -0.468 e. The number of nitrogens with two attached hydrogens (primary N) is 1. The van der Waals surface area contributed by atoms with Gasteiger partial charge in [-0.2, -0.15) is 0 Å². The summed E-state index contributed by atoms with van der Waals surface area (Å²) in [6.45, 7) is 1.04. The molecule has 0 bridgehead atoms. The molecule has 1 atom stereocenters. The van der Waals surface area contributed by atoms with Gasteiger partial charge in [0.25, 0.3) is 0 Å². The van der Waals surface area contributed by atoms with E-state index in [4.69, 9.17) is 10.7 Å². The van der Waals surface area contributed by atoms with Crippen LogP contribution in [-0.2, 0) is 22.4 Å². The molecule has 3 N–H and O–H groups in total. The SMILES string of the molecule is COC(=O)[C@@H](N)CCCCCCCc1ccc2c(n1)NCCC2. The number of ether oxygens (including phenoxy) is 1. The van der Waals surface area contributed by atoms with Crippen LogP contribution >= 0.6 is 0 Å². The van der Waals surface area contributed by atoms with E-state index in [-0.39, 0.29) is 5.97 Å². The van der Waals surface area contributed by atoms with Gasteiger partial charge in [-0.05, 0) is 43.7 Å². The molecule has 5 nitrogen and oxygen atoms in total. The first-order valence-electron chi connectivity index (χ1n) is 8.77. The summed E-state index contributed by atoms with van der Waals surface area (Å²) in [5.41, 5.74) is 8.25. The lowest BCUT2D eigenvalue weighted by molar-refractivity contribution is -0.142. The van der Waals surface area contributed by atoms with Gasteiger partial charge in [0.2, 0.25) is 0 Å². The van der Waals surface area contributed by atoms with Crippen LogP contribution in [0.5, 0.6) is 0 Å². The van der Waals surface area contributed by atoms with Crippen molar-refractivity contribution >= 4 is 11.8 Å². The number of rotatable bonds is 9. The predicted molar refractivity (Wildman–Crippen MR) is 92.4 cm³/mol. The van der Waals surface area contributed by atoms with Gasteiger partial charge >= 0.3 is 5.97 Å². The largest absolute Gasteiger partial charge is 0.468 e. The van der Waals surface area contributed by atoms with Gasteiger partial charge in [-0.3, -0.25) is 4.79 Å². The van der Waals surface area contributed by atoms with Crippen LogP contribution in [0.4, 0.5) is 5.82 Å². The highest BCUT2D eigenvalue weighted by molar-refractivity contribution is 5.75. The number of anilines is 1. The van der Waals surface area contributed by atoms with Crippen LogP contribution in [0.2, 0.25) is 0 Å². The van der Waals surface area contributed by atoms with Gasteiger partial charge in [-0.25, -0.2) is 4.98 Å². The molecule has 0 fully saturated rings. The number of pyridine rings is 1. The number of hydrogen-bond acceptors (Lipinski definition) is 5. The molecule has 0 saturated heterocycles. The molecule has 1 aromatic rings. The maximum absolute atomic E-state index is 11.2. The molecule has 1 aliphatic heterocycles. The van der Waals surface area contributed by atoms with Crippen LogP contribution < -0.4 is 11.1 Å². The molecule has 5 heteroatoms. The van der Waals surface area contributed by atoms with E-state index in [0.717, 1.165) is 44.5 Å². The number of carbonyl (C=O) groups excluding carboxylic acids is 1. The Morgan fingerprint density at radius 2 is 2.09 bits per heavy atom. The Balaban J connectivity index is 1.56. The third-order valence-corrected chi connectivity index (χ3v) is 4.40. The number of hydrogen-bond donors (Lipinski definition) is 2. The van der Waals surface area contributed by atoms with E-state index < -0.39 is 6.04 Å². The number of unbranched alkanes of at least 4 members (excludes halogenated alkanes) is 4. The van der Waals surface area contributed by atoms with Crippen molar-refractivity contribution in [3.8, 4) is 0 Å². The van der Waals surface area contributed by atoms with Crippen LogP contribution in [0, 0.1) is 0 Å². The van der Waals surface area contributed by atoms with Crippen molar-refractivity contribution in [2.75, 3.05) is 19.0 Å². The number of nitrogens with one attached hydrogen (secondary N) is 1. The minimum atomic E-state index is -0.466. The molecule has 2 rings (SSSR count). The Bertz CT molecular complexity index is 505. The van der Waals surface area contributed by atoms with Crippen LogP contribution in [0.3, 0.4) is 0 Å². The zero-order valence-corrected chi connectivity index (χ0v) is 14.1. The number of carbonyl (C=O) groups is 1. The van der Waals surface area contributed by atoms with Gasteiger partial charge in [0.05, 0.1) is 7.11 Å². The molecule has 0 amide bonds. The van der Waals surface area contributed by atoms with E-state index >= 15 is 0 Å². The molecule has 0 saturated carbocycles. The highest BCUT2D eigenvalue weighted by atomic mass is 16.5. The van der Waals surface area contributed by atoms with Gasteiger partial charge in [0.15, 0.2) is 0 Å². The highest BCUT2D eigenvalue weighted by Crippen LogP contribution is 2.20. The molecule has 128 valence electrons. The second-order valence-corrected chi connectivity index (χ2v) is 6.28. The Morgan fingerprint density at radius 3 is 2.91 bits per heavy atom. The molecule has 0 aliphatic carbocycles. The predicted octanol–water partition coefficient (Wildman–Crippen LogP) is 2.82. The van der Waals surface area contributed by atoms with E-state index in [1.165, 1.54) is 37.6 Å². The standard InChI is InChI=1S/C18H29N3O2/c1-23-18(22)16(19)10-6-4-2-3-5-9-15-12-11-14-8-7-13-20-17(14)21-15/h11-12,16H,2-10,13,19H2,1H3,(H,20,21)/t16-/m0/s1. The summed E-state index contributed by atoms with van der Waals surface area (Å²) >= 11 is 0. The number of fused-ring (bicyclic) bond motifs is 1. The van der Waals surface area contributed by atoms with E-state index in [2.05, 4.69) is 22.2 Å². The number of esters is 1. The molecule has 0 radical (unpaired) electrons. The normalized spacial score (nSPS) is 14.7. The van der Waals surface area contributed by atoms with Gasteiger partial charge in [0, 0.05) is 12.2 Å². The van der Waals surface area contributed by atoms with Gasteiger partial charge in [-0.1, -0.05) is 31.7 Å². The van der Waals surface area contributed by atoms with Crippen molar-refractivity contribution in [2.45, 2.75) is 63.8 Å². The van der Waals surface area contributed by atoms with Crippen molar-refractivity contribution < 1.29 is 9.53 Å². The molecule has 1 aliphatic rings. The van der Waals surface area contributed by atoms with Crippen LogP contribution in [-0.4, -0.2) is 30.6 Å². The van der Waals surface area contributed by atoms with E-state index in [9.17, 15) is 4.79 Å². The maximum Gasteiger partial charge on any atom is 0.322 e.